The van der Waals surface area contributed by atoms with Crippen molar-refractivity contribution in [1.29, 1.82) is 0 Å². The lowest BCUT2D eigenvalue weighted by Gasteiger charge is -2.25. The van der Waals surface area contributed by atoms with E-state index in [1.807, 2.05) is 60.7 Å². The van der Waals surface area contributed by atoms with E-state index in [0.29, 0.717) is 6.42 Å². The van der Waals surface area contributed by atoms with Crippen LogP contribution in [0.5, 0.6) is 0 Å². The van der Waals surface area contributed by atoms with Gasteiger partial charge in [0.15, 0.2) is 0 Å². The quantitative estimate of drug-likeness (QED) is 0.558. The lowest BCUT2D eigenvalue weighted by Crippen LogP contribution is -2.45. The maximum Gasteiger partial charge on any atom is 0.416 e. The molecule has 0 unspecified atom stereocenters. The first kappa shape index (κ1) is 23.2. The van der Waals surface area contributed by atoms with Gasteiger partial charge in [0.25, 0.3) is 0 Å². The van der Waals surface area contributed by atoms with Gasteiger partial charge in [0.05, 0.1) is 24.6 Å². The summed E-state index contributed by atoms with van der Waals surface area (Å²) < 4.78 is 5.15. The van der Waals surface area contributed by atoms with Crippen molar-refractivity contribution in [1.82, 2.24) is 10.2 Å². The standard InChI is InChI=1S/C25H28N2O5/c1-2-9-20(15-23(29)26-22(16-28)19-12-7-4-8-13-19)24(30)27-21(17-32-25(27)31)14-18-10-5-3-6-11-18/h2-8,10-13,20-22,28H,1,9,14-17H2,(H,26,29)/t20-,21+,22-/m0/s1. The van der Waals surface area contributed by atoms with Crippen LogP contribution in [0.25, 0.3) is 0 Å². The van der Waals surface area contributed by atoms with Crippen LogP contribution in [0.1, 0.15) is 30.0 Å². The number of nitrogens with zero attached hydrogens (tertiary/aromatic N) is 1. The molecule has 168 valence electrons. The number of aliphatic hydroxyl groups excluding tert-OH is 1. The molecule has 7 nitrogen and oxygen atoms in total. The average Bonchev–Trinajstić information content (AvgIpc) is 3.17. The number of amides is 3. The summed E-state index contributed by atoms with van der Waals surface area (Å²) in [5.41, 5.74) is 1.75. The summed E-state index contributed by atoms with van der Waals surface area (Å²) in [5, 5.41) is 12.5. The highest BCUT2D eigenvalue weighted by Gasteiger charge is 2.41. The zero-order chi connectivity index (χ0) is 22.9. The van der Waals surface area contributed by atoms with Gasteiger partial charge in [-0.25, -0.2) is 9.69 Å². The fraction of sp³-hybridized carbons (Fsp3) is 0.320. The molecule has 3 atom stereocenters. The molecule has 0 aliphatic carbocycles. The third-order valence-electron chi connectivity index (χ3n) is 5.46. The van der Waals surface area contributed by atoms with Gasteiger partial charge in [-0.3, -0.25) is 9.59 Å². The van der Waals surface area contributed by atoms with Gasteiger partial charge in [-0.2, -0.15) is 0 Å². The van der Waals surface area contributed by atoms with Crippen molar-refractivity contribution in [2.45, 2.75) is 31.3 Å². The molecule has 2 aromatic carbocycles. The number of hydrogen-bond acceptors (Lipinski definition) is 5. The van der Waals surface area contributed by atoms with Gasteiger partial charge in [0, 0.05) is 6.42 Å². The first-order chi connectivity index (χ1) is 15.5. The summed E-state index contributed by atoms with van der Waals surface area (Å²) >= 11 is 0. The molecular weight excluding hydrogens is 408 g/mol. The third-order valence-corrected chi connectivity index (χ3v) is 5.46. The molecule has 7 heteroatoms. The summed E-state index contributed by atoms with van der Waals surface area (Å²) in [4.78, 5) is 39.4. The largest absolute Gasteiger partial charge is 0.447 e. The average molecular weight is 437 g/mol. The van der Waals surface area contributed by atoms with Gasteiger partial charge < -0.3 is 15.2 Å². The van der Waals surface area contributed by atoms with Crippen LogP contribution >= 0.6 is 0 Å². The van der Waals surface area contributed by atoms with E-state index < -0.39 is 30.0 Å². The minimum absolute atomic E-state index is 0.118. The molecule has 0 aromatic heterocycles. The Labute approximate surface area is 187 Å². The minimum atomic E-state index is -0.758. The van der Waals surface area contributed by atoms with Crippen molar-refractivity contribution in [3.05, 3.63) is 84.4 Å². The Hall–Kier alpha value is -3.45. The van der Waals surface area contributed by atoms with E-state index in [4.69, 9.17) is 4.74 Å². The van der Waals surface area contributed by atoms with Crippen LogP contribution in [0, 0.1) is 5.92 Å². The van der Waals surface area contributed by atoms with Crippen LogP contribution in [0.4, 0.5) is 4.79 Å². The second-order valence-corrected chi connectivity index (χ2v) is 7.77. The number of allylic oxidation sites excluding steroid dienone is 1. The monoisotopic (exact) mass is 436 g/mol. The van der Waals surface area contributed by atoms with Crippen molar-refractivity contribution in [2.75, 3.05) is 13.2 Å². The number of cyclic esters (lactones) is 1. The second kappa shape index (κ2) is 11.2. The highest BCUT2D eigenvalue weighted by atomic mass is 16.6. The topological polar surface area (TPSA) is 95.9 Å². The van der Waals surface area contributed by atoms with Gasteiger partial charge in [-0.05, 0) is 24.0 Å². The van der Waals surface area contributed by atoms with Gasteiger partial charge >= 0.3 is 6.09 Å². The van der Waals surface area contributed by atoms with Crippen molar-refractivity contribution in [3.63, 3.8) is 0 Å². The molecule has 1 aliphatic rings. The maximum atomic E-state index is 13.3. The first-order valence-corrected chi connectivity index (χ1v) is 10.6. The van der Waals surface area contributed by atoms with Crippen LogP contribution < -0.4 is 5.32 Å². The van der Waals surface area contributed by atoms with Crippen molar-refractivity contribution < 1.29 is 24.2 Å². The summed E-state index contributed by atoms with van der Waals surface area (Å²) in [7, 11) is 0. The van der Waals surface area contributed by atoms with Crippen LogP contribution in [-0.2, 0) is 20.7 Å². The van der Waals surface area contributed by atoms with Crippen LogP contribution in [-0.4, -0.2) is 47.2 Å². The van der Waals surface area contributed by atoms with Gasteiger partial charge in [0.2, 0.25) is 11.8 Å². The number of benzene rings is 2. The van der Waals surface area contributed by atoms with E-state index >= 15 is 0 Å². The van der Waals surface area contributed by atoms with E-state index in [1.165, 1.54) is 0 Å². The molecule has 2 aromatic rings. The molecule has 2 N–H and O–H groups in total. The Morgan fingerprint density at radius 3 is 2.44 bits per heavy atom. The lowest BCUT2D eigenvalue weighted by molar-refractivity contribution is -0.136. The normalized spacial score (nSPS) is 17.3. The van der Waals surface area contributed by atoms with Gasteiger partial charge in [-0.1, -0.05) is 66.7 Å². The van der Waals surface area contributed by atoms with Crippen molar-refractivity contribution in [2.24, 2.45) is 5.92 Å². The molecule has 1 saturated heterocycles. The molecule has 32 heavy (non-hydrogen) atoms. The second-order valence-electron chi connectivity index (χ2n) is 7.77. The fourth-order valence-corrected chi connectivity index (χ4v) is 3.83. The molecule has 1 heterocycles. The van der Waals surface area contributed by atoms with E-state index in [0.717, 1.165) is 16.0 Å². The highest BCUT2D eigenvalue weighted by Crippen LogP contribution is 2.23. The Balaban J connectivity index is 1.69. The number of nitrogens with one attached hydrogen (secondary N) is 1. The van der Waals surface area contributed by atoms with Gasteiger partial charge in [0.1, 0.15) is 6.61 Å². The molecule has 3 rings (SSSR count). The summed E-state index contributed by atoms with van der Waals surface area (Å²) in [5.74, 6) is -1.60. The summed E-state index contributed by atoms with van der Waals surface area (Å²) in [6, 6.07) is 17.6. The van der Waals surface area contributed by atoms with Crippen molar-refractivity contribution in [3.8, 4) is 0 Å². The zero-order valence-corrected chi connectivity index (χ0v) is 17.9. The molecule has 0 radical (unpaired) electrons. The SMILES string of the molecule is C=CC[C@@H](CC(=O)N[C@@H](CO)c1ccccc1)C(=O)N1C(=O)OC[C@H]1Cc1ccccc1. The molecular formula is C25H28N2O5. The smallest absolute Gasteiger partial charge is 0.416 e. The Morgan fingerprint density at radius 1 is 1.16 bits per heavy atom. The number of carbonyl (C=O) groups excluding carboxylic acids is 3. The van der Waals surface area contributed by atoms with Crippen LogP contribution in [0.2, 0.25) is 0 Å². The summed E-state index contributed by atoms with van der Waals surface area (Å²) in [6.45, 7) is 3.54. The number of carbonyl (C=O) groups is 3. The molecule has 1 aliphatic heterocycles. The number of ether oxygens (including phenoxy) is 1. The zero-order valence-electron chi connectivity index (χ0n) is 17.9. The Bertz CT molecular complexity index is 932. The Morgan fingerprint density at radius 2 is 1.81 bits per heavy atom. The minimum Gasteiger partial charge on any atom is -0.447 e. The van der Waals surface area contributed by atoms with Crippen LogP contribution in [0.15, 0.2) is 73.3 Å². The molecule has 3 amide bonds. The number of aliphatic hydroxyl groups is 1. The third kappa shape index (κ3) is 5.82. The van der Waals surface area contributed by atoms with Crippen LogP contribution in [0.3, 0.4) is 0 Å². The molecule has 0 saturated carbocycles. The van der Waals surface area contributed by atoms with Gasteiger partial charge in [-0.15, -0.1) is 6.58 Å². The number of hydrogen-bond donors (Lipinski definition) is 2. The Kier molecular flexibility index (Phi) is 8.16. The van der Waals surface area contributed by atoms with E-state index in [9.17, 15) is 19.5 Å². The van der Waals surface area contributed by atoms with E-state index in [1.54, 1.807) is 6.08 Å². The van der Waals surface area contributed by atoms with E-state index in [-0.39, 0.29) is 32.0 Å². The first-order valence-electron chi connectivity index (χ1n) is 10.6. The molecule has 1 fully saturated rings. The maximum absolute atomic E-state index is 13.3. The molecule has 0 bridgehead atoms. The lowest BCUT2D eigenvalue weighted by atomic mass is 9.97. The number of rotatable bonds is 10. The fourth-order valence-electron chi connectivity index (χ4n) is 3.83. The van der Waals surface area contributed by atoms with E-state index in [2.05, 4.69) is 11.9 Å². The number of imide groups is 1. The highest BCUT2D eigenvalue weighted by molar-refractivity contribution is 5.96. The molecule has 0 spiro atoms. The van der Waals surface area contributed by atoms with Crippen molar-refractivity contribution >= 4 is 17.9 Å². The predicted octanol–water partition coefficient (Wildman–Crippen LogP) is 3.01. The predicted molar refractivity (Wildman–Crippen MR) is 119 cm³/mol. The summed E-state index contributed by atoms with van der Waals surface area (Å²) in [6.07, 6.45) is 1.46.